The minimum absolute atomic E-state index is 0.0542. The highest BCUT2D eigenvalue weighted by Crippen LogP contribution is 2.29. The van der Waals surface area contributed by atoms with Crippen LogP contribution in [0, 0.1) is 18.7 Å². The van der Waals surface area contributed by atoms with E-state index in [-0.39, 0.29) is 29.8 Å². The number of hydrogen-bond acceptors (Lipinski definition) is 4. The zero-order valence-electron chi connectivity index (χ0n) is 12.2. The molecule has 1 fully saturated rings. The molecule has 8 heteroatoms. The Morgan fingerprint density at radius 1 is 1.52 bits per heavy atom. The smallest absolute Gasteiger partial charge is 0.231 e. The summed E-state index contributed by atoms with van der Waals surface area (Å²) in [6.07, 6.45) is 1.78. The van der Waals surface area contributed by atoms with Crippen molar-refractivity contribution in [2.75, 3.05) is 16.8 Å². The number of amides is 2. The summed E-state index contributed by atoms with van der Waals surface area (Å²) in [6, 6.07) is 4.07. The first kappa shape index (κ1) is 15.9. The van der Waals surface area contributed by atoms with Crippen LogP contribution < -0.4 is 10.2 Å². The zero-order valence-corrected chi connectivity index (χ0v) is 13.7. The standard InChI is InChI=1S/C15H13ClFN3O2S/c1-8-6-18-15(23-8)19-14(22)9-4-13(21)20(7-9)10-2-3-12(17)11(16)5-10/h2-3,5-6,9H,4,7H2,1H3,(H,18,19,22)/t9-/m0/s1. The minimum Gasteiger partial charge on any atom is -0.312 e. The van der Waals surface area contributed by atoms with Gasteiger partial charge in [-0.3, -0.25) is 9.59 Å². The molecule has 0 radical (unpaired) electrons. The molecular weight excluding hydrogens is 341 g/mol. The van der Waals surface area contributed by atoms with E-state index in [1.807, 2.05) is 6.92 Å². The summed E-state index contributed by atoms with van der Waals surface area (Å²) in [7, 11) is 0. The molecule has 1 aliphatic heterocycles. The lowest BCUT2D eigenvalue weighted by molar-refractivity contribution is -0.122. The van der Waals surface area contributed by atoms with E-state index in [4.69, 9.17) is 11.6 Å². The number of benzene rings is 1. The van der Waals surface area contributed by atoms with Crippen LogP contribution in [-0.2, 0) is 9.59 Å². The van der Waals surface area contributed by atoms with E-state index >= 15 is 0 Å². The third-order valence-electron chi connectivity index (χ3n) is 3.56. The van der Waals surface area contributed by atoms with Crippen LogP contribution in [0.2, 0.25) is 5.02 Å². The fraction of sp³-hybridized carbons (Fsp3) is 0.267. The molecular formula is C15H13ClFN3O2S. The molecule has 1 aromatic heterocycles. The normalized spacial score (nSPS) is 17.6. The van der Waals surface area contributed by atoms with Crippen LogP contribution in [0.15, 0.2) is 24.4 Å². The maximum absolute atomic E-state index is 13.2. The van der Waals surface area contributed by atoms with Crippen LogP contribution in [0.1, 0.15) is 11.3 Å². The highest BCUT2D eigenvalue weighted by atomic mass is 35.5. The highest BCUT2D eigenvalue weighted by molar-refractivity contribution is 7.15. The van der Waals surface area contributed by atoms with Gasteiger partial charge in [0.1, 0.15) is 5.82 Å². The number of nitrogens with zero attached hydrogens (tertiary/aromatic N) is 2. The Labute approximate surface area is 141 Å². The molecule has 1 saturated heterocycles. The van der Waals surface area contributed by atoms with Crippen LogP contribution in [0.25, 0.3) is 0 Å². The van der Waals surface area contributed by atoms with Gasteiger partial charge in [0.05, 0.1) is 10.9 Å². The third kappa shape index (κ3) is 3.35. The molecule has 23 heavy (non-hydrogen) atoms. The lowest BCUT2D eigenvalue weighted by atomic mass is 10.1. The van der Waals surface area contributed by atoms with E-state index in [0.717, 1.165) is 4.88 Å². The van der Waals surface area contributed by atoms with Crippen LogP contribution in [-0.4, -0.2) is 23.3 Å². The third-order valence-corrected chi connectivity index (χ3v) is 4.68. The van der Waals surface area contributed by atoms with E-state index < -0.39 is 11.7 Å². The van der Waals surface area contributed by atoms with Crippen molar-refractivity contribution < 1.29 is 14.0 Å². The first-order chi connectivity index (χ1) is 10.9. The van der Waals surface area contributed by atoms with Gasteiger partial charge in [-0.1, -0.05) is 11.6 Å². The molecule has 2 heterocycles. The maximum Gasteiger partial charge on any atom is 0.231 e. The van der Waals surface area contributed by atoms with E-state index in [1.54, 1.807) is 6.20 Å². The number of carbonyl (C=O) groups excluding carboxylic acids is 2. The largest absolute Gasteiger partial charge is 0.312 e. The molecule has 0 spiro atoms. The van der Waals surface area contributed by atoms with Gasteiger partial charge in [0, 0.05) is 29.7 Å². The maximum atomic E-state index is 13.2. The summed E-state index contributed by atoms with van der Waals surface area (Å²) in [5.74, 6) is -1.46. The second-order valence-corrected chi connectivity index (χ2v) is 6.91. The number of nitrogens with one attached hydrogen (secondary N) is 1. The van der Waals surface area contributed by atoms with Gasteiger partial charge in [0.25, 0.3) is 0 Å². The van der Waals surface area contributed by atoms with Crippen LogP contribution in [0.4, 0.5) is 15.2 Å². The fourth-order valence-electron chi connectivity index (χ4n) is 2.41. The molecule has 3 rings (SSSR count). The van der Waals surface area contributed by atoms with Gasteiger partial charge >= 0.3 is 0 Å². The Morgan fingerprint density at radius 2 is 2.30 bits per heavy atom. The first-order valence-corrected chi connectivity index (χ1v) is 8.12. The Kier molecular flexibility index (Phi) is 4.32. The van der Waals surface area contributed by atoms with Crippen molar-refractivity contribution in [1.82, 2.24) is 4.98 Å². The predicted molar refractivity (Wildman–Crippen MR) is 87.4 cm³/mol. The van der Waals surface area contributed by atoms with Crippen molar-refractivity contribution in [3.63, 3.8) is 0 Å². The van der Waals surface area contributed by atoms with E-state index in [9.17, 15) is 14.0 Å². The number of aromatic nitrogens is 1. The fourth-order valence-corrected chi connectivity index (χ4v) is 3.25. The van der Waals surface area contributed by atoms with E-state index in [2.05, 4.69) is 10.3 Å². The lowest BCUT2D eigenvalue weighted by Gasteiger charge is -2.17. The summed E-state index contributed by atoms with van der Waals surface area (Å²) in [5, 5.41) is 3.18. The van der Waals surface area contributed by atoms with Gasteiger partial charge in [0.15, 0.2) is 5.13 Å². The van der Waals surface area contributed by atoms with Crippen LogP contribution >= 0.6 is 22.9 Å². The molecule has 0 unspecified atom stereocenters. The van der Waals surface area contributed by atoms with E-state index in [0.29, 0.717) is 10.8 Å². The van der Waals surface area contributed by atoms with Crippen LogP contribution in [0.3, 0.4) is 0 Å². The summed E-state index contributed by atoms with van der Waals surface area (Å²) in [5.41, 5.74) is 0.488. The Balaban J connectivity index is 1.71. The molecule has 2 aromatic rings. The summed E-state index contributed by atoms with van der Waals surface area (Å²) >= 11 is 7.13. The number of anilines is 2. The number of rotatable bonds is 3. The van der Waals surface area contributed by atoms with Gasteiger partial charge in [-0.15, -0.1) is 11.3 Å². The Hall–Kier alpha value is -1.99. The predicted octanol–water partition coefficient (Wildman–Crippen LogP) is 3.24. The molecule has 1 aliphatic rings. The second-order valence-electron chi connectivity index (χ2n) is 5.27. The molecule has 1 atom stereocenters. The molecule has 2 amide bonds. The zero-order chi connectivity index (χ0) is 16.6. The van der Waals surface area contributed by atoms with Crippen molar-refractivity contribution >= 4 is 45.6 Å². The molecule has 1 aromatic carbocycles. The summed E-state index contributed by atoms with van der Waals surface area (Å²) in [4.78, 5) is 30.9. The van der Waals surface area contributed by atoms with Crippen molar-refractivity contribution in [2.45, 2.75) is 13.3 Å². The SMILES string of the molecule is Cc1cnc(NC(=O)[C@H]2CC(=O)N(c3ccc(F)c(Cl)c3)C2)s1. The first-order valence-electron chi connectivity index (χ1n) is 6.93. The van der Waals surface area contributed by atoms with Crippen LogP contribution in [0.5, 0.6) is 0 Å². The van der Waals surface area contributed by atoms with Crippen molar-refractivity contribution in [2.24, 2.45) is 5.92 Å². The molecule has 0 aliphatic carbocycles. The molecule has 1 N–H and O–H groups in total. The monoisotopic (exact) mass is 353 g/mol. The summed E-state index contributed by atoms with van der Waals surface area (Å²) in [6.45, 7) is 2.13. The number of carbonyl (C=O) groups is 2. The number of thiazole rings is 1. The van der Waals surface area contributed by atoms with Gasteiger partial charge in [-0.2, -0.15) is 0 Å². The van der Waals surface area contributed by atoms with Gasteiger partial charge in [-0.05, 0) is 25.1 Å². The average molecular weight is 354 g/mol. The number of aryl methyl sites for hydroxylation is 1. The van der Waals surface area contributed by atoms with E-state index in [1.165, 1.54) is 34.4 Å². The number of halogens is 2. The van der Waals surface area contributed by atoms with Gasteiger partial charge < -0.3 is 10.2 Å². The van der Waals surface area contributed by atoms with Gasteiger partial charge in [0.2, 0.25) is 11.8 Å². The van der Waals surface area contributed by atoms with Gasteiger partial charge in [-0.25, -0.2) is 9.37 Å². The summed E-state index contributed by atoms with van der Waals surface area (Å²) < 4.78 is 13.2. The average Bonchev–Trinajstić information content (AvgIpc) is 3.08. The second kappa shape index (κ2) is 6.25. The Morgan fingerprint density at radius 3 is 2.96 bits per heavy atom. The van der Waals surface area contributed by atoms with Crippen molar-refractivity contribution in [3.8, 4) is 0 Å². The molecule has 120 valence electrons. The molecule has 5 nitrogen and oxygen atoms in total. The van der Waals surface area contributed by atoms with Crippen molar-refractivity contribution in [3.05, 3.63) is 40.1 Å². The molecule has 0 bridgehead atoms. The van der Waals surface area contributed by atoms with Crippen molar-refractivity contribution in [1.29, 1.82) is 0 Å². The topological polar surface area (TPSA) is 62.3 Å². The lowest BCUT2D eigenvalue weighted by Crippen LogP contribution is -2.28. The highest BCUT2D eigenvalue weighted by Gasteiger charge is 2.35. The Bertz CT molecular complexity index is 780. The molecule has 0 saturated carbocycles. The number of hydrogen-bond donors (Lipinski definition) is 1. The quantitative estimate of drug-likeness (QED) is 0.921. The minimum atomic E-state index is -0.546.